The Morgan fingerprint density at radius 1 is 1.62 bits per heavy atom. The summed E-state index contributed by atoms with van der Waals surface area (Å²) in [6.45, 7) is 7.52. The summed E-state index contributed by atoms with van der Waals surface area (Å²) in [5, 5.41) is 3.33. The molecule has 3 nitrogen and oxygen atoms in total. The first kappa shape index (κ1) is 10.5. The number of nitrogens with one attached hydrogen (secondary N) is 1. The molecule has 1 saturated carbocycles. The predicted octanol–water partition coefficient (Wildman–Crippen LogP) is 1.18. The highest BCUT2D eigenvalue weighted by atomic mass is 16.5. The van der Waals surface area contributed by atoms with Crippen LogP contribution in [0, 0.1) is 11.8 Å². The SMILES string of the molecule is CCOC(=O)C1CC1CNC(C)C. The van der Waals surface area contributed by atoms with Gasteiger partial charge in [-0.25, -0.2) is 0 Å². The van der Waals surface area contributed by atoms with Crippen molar-refractivity contribution >= 4 is 5.97 Å². The highest BCUT2D eigenvalue weighted by Crippen LogP contribution is 2.38. The minimum atomic E-state index is -0.0157. The molecule has 0 aromatic carbocycles. The molecule has 2 unspecified atom stereocenters. The van der Waals surface area contributed by atoms with Gasteiger partial charge in [0.05, 0.1) is 12.5 Å². The van der Waals surface area contributed by atoms with Crippen LogP contribution in [0.1, 0.15) is 27.2 Å². The van der Waals surface area contributed by atoms with Crippen molar-refractivity contribution in [3.05, 3.63) is 0 Å². The maximum absolute atomic E-state index is 11.2. The average molecular weight is 185 g/mol. The van der Waals surface area contributed by atoms with Gasteiger partial charge in [-0.3, -0.25) is 4.79 Å². The van der Waals surface area contributed by atoms with Gasteiger partial charge in [0.15, 0.2) is 0 Å². The van der Waals surface area contributed by atoms with Gasteiger partial charge in [0.25, 0.3) is 0 Å². The van der Waals surface area contributed by atoms with Crippen LogP contribution in [0.3, 0.4) is 0 Å². The summed E-state index contributed by atoms with van der Waals surface area (Å²) >= 11 is 0. The van der Waals surface area contributed by atoms with Crippen LogP contribution in [0.15, 0.2) is 0 Å². The number of rotatable bonds is 5. The van der Waals surface area contributed by atoms with Crippen LogP contribution in [0.25, 0.3) is 0 Å². The van der Waals surface area contributed by atoms with E-state index in [1.54, 1.807) is 0 Å². The van der Waals surface area contributed by atoms with Gasteiger partial charge >= 0.3 is 5.97 Å². The highest BCUT2D eigenvalue weighted by Gasteiger charge is 2.43. The van der Waals surface area contributed by atoms with Gasteiger partial charge in [-0.15, -0.1) is 0 Å². The van der Waals surface area contributed by atoms with Crippen molar-refractivity contribution in [3.8, 4) is 0 Å². The lowest BCUT2D eigenvalue weighted by Crippen LogP contribution is -2.26. The Balaban J connectivity index is 2.11. The van der Waals surface area contributed by atoms with Crippen LogP contribution in [0.5, 0.6) is 0 Å². The number of ether oxygens (including phenoxy) is 1. The molecule has 0 radical (unpaired) electrons. The Kier molecular flexibility index (Phi) is 3.72. The first-order chi connectivity index (χ1) is 6.15. The molecule has 2 atom stereocenters. The lowest BCUT2D eigenvalue weighted by molar-refractivity contribution is -0.145. The number of esters is 1. The predicted molar refractivity (Wildman–Crippen MR) is 51.4 cm³/mol. The van der Waals surface area contributed by atoms with Crippen LogP contribution < -0.4 is 5.32 Å². The zero-order chi connectivity index (χ0) is 9.84. The third-order valence-corrected chi connectivity index (χ3v) is 2.30. The van der Waals surface area contributed by atoms with Crippen LogP contribution in [-0.2, 0) is 9.53 Å². The molecule has 0 aliphatic heterocycles. The van der Waals surface area contributed by atoms with Gasteiger partial charge in [0, 0.05) is 6.04 Å². The molecule has 1 N–H and O–H groups in total. The smallest absolute Gasteiger partial charge is 0.309 e. The van der Waals surface area contributed by atoms with Gasteiger partial charge in [-0.1, -0.05) is 13.8 Å². The van der Waals surface area contributed by atoms with Crippen molar-refractivity contribution in [2.24, 2.45) is 11.8 Å². The summed E-state index contributed by atoms with van der Waals surface area (Å²) in [6, 6.07) is 0.503. The second-order valence-corrected chi connectivity index (χ2v) is 3.92. The molecule has 13 heavy (non-hydrogen) atoms. The fraction of sp³-hybridized carbons (Fsp3) is 0.900. The van der Waals surface area contributed by atoms with E-state index in [9.17, 15) is 4.79 Å². The Morgan fingerprint density at radius 3 is 2.85 bits per heavy atom. The number of hydrogen-bond acceptors (Lipinski definition) is 3. The largest absolute Gasteiger partial charge is 0.466 e. The molecule has 0 saturated heterocycles. The van der Waals surface area contributed by atoms with E-state index >= 15 is 0 Å². The van der Waals surface area contributed by atoms with Crippen molar-refractivity contribution in [1.82, 2.24) is 5.32 Å². The van der Waals surface area contributed by atoms with Crippen molar-refractivity contribution in [1.29, 1.82) is 0 Å². The molecular formula is C10H19NO2. The van der Waals surface area contributed by atoms with Gasteiger partial charge in [0.1, 0.15) is 0 Å². The van der Waals surface area contributed by atoms with E-state index in [1.165, 1.54) is 0 Å². The first-order valence-corrected chi connectivity index (χ1v) is 5.05. The highest BCUT2D eigenvalue weighted by molar-refractivity contribution is 5.75. The molecule has 3 heteroatoms. The summed E-state index contributed by atoms with van der Waals surface area (Å²) in [7, 11) is 0. The summed E-state index contributed by atoms with van der Waals surface area (Å²) in [5.74, 6) is 0.672. The maximum atomic E-state index is 11.2. The standard InChI is InChI=1S/C10H19NO2/c1-4-13-10(12)9-5-8(9)6-11-7(2)3/h7-9,11H,4-6H2,1-3H3. The van der Waals surface area contributed by atoms with E-state index in [2.05, 4.69) is 19.2 Å². The molecule has 0 aromatic heterocycles. The molecular weight excluding hydrogens is 166 g/mol. The third-order valence-electron chi connectivity index (χ3n) is 2.30. The molecule has 1 fully saturated rings. The maximum Gasteiger partial charge on any atom is 0.309 e. The molecule has 0 aromatic rings. The summed E-state index contributed by atoms with van der Waals surface area (Å²) < 4.78 is 4.94. The van der Waals surface area contributed by atoms with Gasteiger partial charge in [0.2, 0.25) is 0 Å². The molecule has 0 heterocycles. The molecule has 1 aliphatic carbocycles. The average Bonchev–Trinajstić information content (AvgIpc) is 2.80. The minimum absolute atomic E-state index is 0.0157. The Labute approximate surface area is 79.8 Å². The van der Waals surface area contributed by atoms with E-state index in [1.807, 2.05) is 6.92 Å². The number of carbonyl (C=O) groups is 1. The topological polar surface area (TPSA) is 38.3 Å². The Hall–Kier alpha value is -0.570. The number of carbonyl (C=O) groups excluding carboxylic acids is 1. The Morgan fingerprint density at radius 2 is 2.31 bits per heavy atom. The van der Waals surface area contributed by atoms with E-state index in [4.69, 9.17) is 4.74 Å². The minimum Gasteiger partial charge on any atom is -0.466 e. The summed E-state index contributed by atoms with van der Waals surface area (Å²) in [5.41, 5.74) is 0. The van der Waals surface area contributed by atoms with E-state index in [0.717, 1.165) is 13.0 Å². The molecule has 76 valence electrons. The van der Waals surface area contributed by atoms with Crippen molar-refractivity contribution in [2.75, 3.05) is 13.2 Å². The van der Waals surface area contributed by atoms with Crippen LogP contribution in [0.2, 0.25) is 0 Å². The first-order valence-electron chi connectivity index (χ1n) is 5.05. The normalized spacial score (nSPS) is 26.2. The second kappa shape index (κ2) is 4.61. The summed E-state index contributed by atoms with van der Waals surface area (Å²) in [4.78, 5) is 11.2. The van der Waals surface area contributed by atoms with Crippen molar-refractivity contribution in [2.45, 2.75) is 33.2 Å². The monoisotopic (exact) mass is 185 g/mol. The van der Waals surface area contributed by atoms with Crippen LogP contribution in [0.4, 0.5) is 0 Å². The van der Waals surface area contributed by atoms with E-state index in [0.29, 0.717) is 18.6 Å². The summed E-state index contributed by atoms with van der Waals surface area (Å²) in [6.07, 6.45) is 0.999. The fourth-order valence-electron chi connectivity index (χ4n) is 1.40. The van der Waals surface area contributed by atoms with Crippen molar-refractivity contribution < 1.29 is 9.53 Å². The van der Waals surface area contributed by atoms with E-state index in [-0.39, 0.29) is 11.9 Å². The van der Waals surface area contributed by atoms with Crippen molar-refractivity contribution in [3.63, 3.8) is 0 Å². The number of hydrogen-bond donors (Lipinski definition) is 1. The molecule has 0 spiro atoms. The molecule has 1 aliphatic rings. The van der Waals surface area contributed by atoms with Gasteiger partial charge in [-0.05, 0) is 25.8 Å². The van der Waals surface area contributed by atoms with Crippen LogP contribution >= 0.6 is 0 Å². The molecule has 0 amide bonds. The zero-order valence-corrected chi connectivity index (χ0v) is 8.67. The van der Waals surface area contributed by atoms with E-state index < -0.39 is 0 Å². The van der Waals surface area contributed by atoms with Gasteiger partial charge < -0.3 is 10.1 Å². The second-order valence-electron chi connectivity index (χ2n) is 3.92. The fourth-order valence-corrected chi connectivity index (χ4v) is 1.40. The molecule has 0 bridgehead atoms. The lowest BCUT2D eigenvalue weighted by Gasteiger charge is -2.06. The lowest BCUT2D eigenvalue weighted by atomic mass is 10.3. The van der Waals surface area contributed by atoms with Crippen LogP contribution in [-0.4, -0.2) is 25.2 Å². The van der Waals surface area contributed by atoms with Gasteiger partial charge in [-0.2, -0.15) is 0 Å². The quantitative estimate of drug-likeness (QED) is 0.654. The third kappa shape index (κ3) is 3.35. The Bertz CT molecular complexity index is 180. The zero-order valence-electron chi connectivity index (χ0n) is 8.67. The molecule has 1 rings (SSSR count).